The Bertz CT molecular complexity index is 288. The van der Waals surface area contributed by atoms with Crippen LogP contribution in [-0.2, 0) is 7.05 Å². The highest BCUT2D eigenvalue weighted by molar-refractivity contribution is 7.99. The number of hydrogen-bond donors (Lipinski definition) is 0. The molecule has 1 heterocycles. The maximum atomic E-state index is 8.43. The van der Waals surface area contributed by atoms with Crippen LogP contribution in [0, 0.1) is 11.3 Å². The molecule has 0 aliphatic rings. The first-order chi connectivity index (χ1) is 5.74. The van der Waals surface area contributed by atoms with Crippen molar-refractivity contribution in [1.82, 2.24) is 14.8 Å². The maximum absolute atomic E-state index is 8.43. The third-order valence-electron chi connectivity index (χ3n) is 1.36. The third-order valence-corrected chi connectivity index (χ3v) is 2.50. The highest BCUT2D eigenvalue weighted by Crippen LogP contribution is 2.21. The Balaban J connectivity index is 2.53. The molecule has 5 heteroatoms. The molecule has 0 aromatic carbocycles. The molecule has 0 bridgehead atoms. The molecule has 0 fully saturated rings. The maximum Gasteiger partial charge on any atom is 0.186 e. The van der Waals surface area contributed by atoms with Crippen LogP contribution >= 0.6 is 11.8 Å². The first kappa shape index (κ1) is 9.07. The summed E-state index contributed by atoms with van der Waals surface area (Å²) >= 11 is 1.57. The van der Waals surface area contributed by atoms with Gasteiger partial charge in [0.1, 0.15) is 6.33 Å². The van der Waals surface area contributed by atoms with E-state index in [1.807, 2.05) is 14.0 Å². The predicted molar refractivity (Wildman–Crippen MR) is 46.6 cm³/mol. The Labute approximate surface area is 75.6 Å². The first-order valence-corrected chi connectivity index (χ1v) is 4.49. The van der Waals surface area contributed by atoms with Crippen molar-refractivity contribution < 1.29 is 0 Å². The lowest BCUT2D eigenvalue weighted by molar-refractivity contribution is 0.683. The minimum atomic E-state index is 0.276. The topological polar surface area (TPSA) is 54.5 Å². The van der Waals surface area contributed by atoms with E-state index in [0.29, 0.717) is 6.42 Å². The Morgan fingerprint density at radius 3 is 3.08 bits per heavy atom. The number of thioether (sulfide) groups is 1. The monoisotopic (exact) mass is 182 g/mol. The van der Waals surface area contributed by atoms with E-state index in [4.69, 9.17) is 5.26 Å². The summed E-state index contributed by atoms with van der Waals surface area (Å²) in [5.74, 6) is 0. The van der Waals surface area contributed by atoms with E-state index in [9.17, 15) is 0 Å². The zero-order valence-electron chi connectivity index (χ0n) is 7.06. The van der Waals surface area contributed by atoms with Gasteiger partial charge in [-0.05, 0) is 0 Å². The molecule has 1 aromatic heterocycles. The Morgan fingerprint density at radius 1 is 1.83 bits per heavy atom. The average molecular weight is 182 g/mol. The lowest BCUT2D eigenvalue weighted by atomic mass is 10.4. The fourth-order valence-electron chi connectivity index (χ4n) is 0.742. The van der Waals surface area contributed by atoms with Gasteiger partial charge in [-0.2, -0.15) is 10.4 Å². The smallest absolute Gasteiger partial charge is 0.186 e. The molecule has 4 nitrogen and oxygen atoms in total. The molecule has 0 spiro atoms. The van der Waals surface area contributed by atoms with Crippen molar-refractivity contribution in [2.45, 2.75) is 23.8 Å². The van der Waals surface area contributed by atoms with Crippen LogP contribution in [0.4, 0.5) is 0 Å². The van der Waals surface area contributed by atoms with Crippen LogP contribution < -0.4 is 0 Å². The molecule has 12 heavy (non-hydrogen) atoms. The molecule has 64 valence electrons. The molecule has 0 aliphatic carbocycles. The molecule has 1 unspecified atom stereocenters. The lowest BCUT2D eigenvalue weighted by Crippen LogP contribution is -1.99. The summed E-state index contributed by atoms with van der Waals surface area (Å²) in [6.45, 7) is 2.00. The van der Waals surface area contributed by atoms with E-state index < -0.39 is 0 Å². The molecule has 1 aromatic rings. The summed E-state index contributed by atoms with van der Waals surface area (Å²) in [6, 6.07) is 2.12. The van der Waals surface area contributed by atoms with Crippen LogP contribution in [0.5, 0.6) is 0 Å². The van der Waals surface area contributed by atoms with Gasteiger partial charge < -0.3 is 0 Å². The zero-order valence-corrected chi connectivity index (χ0v) is 7.88. The second kappa shape index (κ2) is 4.12. The Kier molecular flexibility index (Phi) is 3.11. The van der Waals surface area contributed by atoms with Crippen molar-refractivity contribution in [2.24, 2.45) is 7.05 Å². The molecular formula is C7H10N4S. The highest BCUT2D eigenvalue weighted by atomic mass is 32.2. The summed E-state index contributed by atoms with van der Waals surface area (Å²) in [4.78, 5) is 4.04. The molecule has 0 radical (unpaired) electrons. The summed E-state index contributed by atoms with van der Waals surface area (Å²) in [7, 11) is 1.84. The van der Waals surface area contributed by atoms with Gasteiger partial charge in [-0.25, -0.2) is 9.67 Å². The molecule has 0 amide bonds. The van der Waals surface area contributed by atoms with E-state index in [1.165, 1.54) is 6.33 Å². The largest absolute Gasteiger partial charge is 0.244 e. The van der Waals surface area contributed by atoms with Crippen LogP contribution in [0.3, 0.4) is 0 Å². The van der Waals surface area contributed by atoms with Gasteiger partial charge >= 0.3 is 0 Å². The average Bonchev–Trinajstić information content (AvgIpc) is 2.37. The minimum Gasteiger partial charge on any atom is -0.244 e. The Morgan fingerprint density at radius 2 is 2.58 bits per heavy atom. The molecule has 0 saturated carbocycles. The van der Waals surface area contributed by atoms with Gasteiger partial charge in [0.15, 0.2) is 5.16 Å². The van der Waals surface area contributed by atoms with E-state index in [0.717, 1.165) is 5.16 Å². The number of rotatable bonds is 3. The highest BCUT2D eigenvalue weighted by Gasteiger charge is 2.07. The van der Waals surface area contributed by atoms with Crippen molar-refractivity contribution in [3.8, 4) is 6.07 Å². The third kappa shape index (κ3) is 2.24. The van der Waals surface area contributed by atoms with Gasteiger partial charge in [-0.1, -0.05) is 18.7 Å². The Hall–Kier alpha value is -1.02. The van der Waals surface area contributed by atoms with Crippen LogP contribution in [0.1, 0.15) is 13.3 Å². The summed E-state index contributed by atoms with van der Waals surface area (Å²) in [6.07, 6.45) is 2.05. The second-order valence-electron chi connectivity index (χ2n) is 2.46. The van der Waals surface area contributed by atoms with Gasteiger partial charge in [0.05, 0.1) is 6.07 Å². The standard InChI is InChI=1S/C7H10N4S/c1-6(3-4-8)12-7-9-5-10-11(7)2/h5-6H,3H2,1-2H3. The summed E-state index contributed by atoms with van der Waals surface area (Å²) in [5, 5.41) is 13.5. The molecule has 0 saturated heterocycles. The normalized spacial score (nSPS) is 12.4. The van der Waals surface area contributed by atoms with Crippen molar-refractivity contribution in [1.29, 1.82) is 5.26 Å². The van der Waals surface area contributed by atoms with E-state index in [1.54, 1.807) is 16.4 Å². The summed E-state index contributed by atoms with van der Waals surface area (Å²) in [5.41, 5.74) is 0. The van der Waals surface area contributed by atoms with Crippen LogP contribution in [0.25, 0.3) is 0 Å². The molecule has 0 N–H and O–H groups in total. The number of hydrogen-bond acceptors (Lipinski definition) is 4. The van der Waals surface area contributed by atoms with Crippen molar-refractivity contribution >= 4 is 11.8 Å². The second-order valence-corrected chi connectivity index (χ2v) is 3.86. The predicted octanol–water partition coefficient (Wildman–Crippen LogP) is 1.21. The molecular weight excluding hydrogens is 172 g/mol. The van der Waals surface area contributed by atoms with Crippen LogP contribution in [0.15, 0.2) is 11.5 Å². The van der Waals surface area contributed by atoms with Gasteiger partial charge in [-0.3, -0.25) is 0 Å². The fraction of sp³-hybridized carbons (Fsp3) is 0.571. The van der Waals surface area contributed by atoms with Gasteiger partial charge in [0.2, 0.25) is 0 Å². The van der Waals surface area contributed by atoms with Crippen molar-refractivity contribution in [2.75, 3.05) is 0 Å². The SMILES string of the molecule is CC(CC#N)Sc1ncnn1C. The van der Waals surface area contributed by atoms with Crippen molar-refractivity contribution in [3.63, 3.8) is 0 Å². The van der Waals surface area contributed by atoms with Crippen LogP contribution in [0.2, 0.25) is 0 Å². The zero-order chi connectivity index (χ0) is 8.97. The number of aryl methyl sites for hydroxylation is 1. The van der Waals surface area contributed by atoms with Crippen LogP contribution in [-0.4, -0.2) is 20.0 Å². The van der Waals surface area contributed by atoms with Crippen molar-refractivity contribution in [3.05, 3.63) is 6.33 Å². The number of nitriles is 1. The lowest BCUT2D eigenvalue weighted by Gasteiger charge is -2.04. The molecule has 0 aliphatic heterocycles. The van der Waals surface area contributed by atoms with E-state index >= 15 is 0 Å². The fourth-order valence-corrected chi connectivity index (χ4v) is 1.57. The quantitative estimate of drug-likeness (QED) is 0.659. The number of nitrogens with zero attached hydrogens (tertiary/aromatic N) is 4. The van der Waals surface area contributed by atoms with E-state index in [-0.39, 0.29) is 5.25 Å². The van der Waals surface area contributed by atoms with E-state index in [2.05, 4.69) is 16.2 Å². The first-order valence-electron chi connectivity index (χ1n) is 3.61. The van der Waals surface area contributed by atoms with Gasteiger partial charge in [-0.15, -0.1) is 0 Å². The molecule has 1 atom stereocenters. The minimum absolute atomic E-state index is 0.276. The molecule has 1 rings (SSSR count). The number of aromatic nitrogens is 3. The van der Waals surface area contributed by atoms with Gasteiger partial charge in [0.25, 0.3) is 0 Å². The summed E-state index contributed by atoms with van der Waals surface area (Å²) < 4.78 is 1.71. The van der Waals surface area contributed by atoms with Gasteiger partial charge in [0, 0.05) is 18.7 Å².